The molecule has 0 amide bonds. The molecule has 1 aromatic carbocycles. The van der Waals surface area contributed by atoms with Gasteiger partial charge in [0.1, 0.15) is 5.56 Å². The van der Waals surface area contributed by atoms with Crippen LogP contribution in [0.15, 0.2) is 16.6 Å². The lowest BCUT2D eigenvalue weighted by Gasteiger charge is -2.15. The summed E-state index contributed by atoms with van der Waals surface area (Å²) in [5, 5.41) is 21.0. The topological polar surface area (TPSA) is 79.2 Å². The van der Waals surface area contributed by atoms with Gasteiger partial charge in [0.25, 0.3) is 5.69 Å². The normalized spacial score (nSPS) is 12.9. The predicted molar refractivity (Wildman–Crippen MR) is 72.9 cm³/mol. The molecule has 0 fully saturated rings. The molecular formula is C12H10BrF3N2O3. The van der Waals surface area contributed by atoms with E-state index in [0.717, 1.165) is 6.07 Å². The Balaban J connectivity index is 2.85. The number of hydrogen-bond acceptors (Lipinski definition) is 3. The average Bonchev–Trinajstić information content (AvgIpc) is 2.63. The quantitative estimate of drug-likeness (QED) is 0.620. The zero-order valence-corrected chi connectivity index (χ0v) is 12.5. The molecule has 0 saturated heterocycles. The van der Waals surface area contributed by atoms with Gasteiger partial charge in [-0.3, -0.25) is 10.1 Å². The van der Waals surface area contributed by atoms with Crippen LogP contribution in [0.4, 0.5) is 18.9 Å². The van der Waals surface area contributed by atoms with E-state index in [1.54, 1.807) is 0 Å². The van der Waals surface area contributed by atoms with E-state index in [2.05, 4.69) is 20.9 Å². The summed E-state index contributed by atoms with van der Waals surface area (Å²) in [7, 11) is 0. The molecule has 0 atom stereocenters. The summed E-state index contributed by atoms with van der Waals surface area (Å²) >= 11 is 3.15. The van der Waals surface area contributed by atoms with Crippen LogP contribution in [0.1, 0.15) is 25.1 Å². The molecule has 114 valence electrons. The first-order chi connectivity index (χ1) is 9.43. The van der Waals surface area contributed by atoms with Crippen LogP contribution in [0.3, 0.4) is 0 Å². The standard InChI is InChI=1S/C12H10BrF3N2O3/c1-11(2,19)10-9(13)5-3-8(18(20)21)6(12(14,15)16)4-7(5)17-10/h3-4,17,19H,1-2H3. The van der Waals surface area contributed by atoms with Gasteiger partial charge in [-0.25, -0.2) is 0 Å². The van der Waals surface area contributed by atoms with Gasteiger partial charge < -0.3 is 10.1 Å². The highest BCUT2D eigenvalue weighted by molar-refractivity contribution is 9.10. The first-order valence-corrected chi connectivity index (χ1v) is 6.52. The van der Waals surface area contributed by atoms with E-state index < -0.39 is 28.0 Å². The molecule has 2 aromatic rings. The Morgan fingerprint density at radius 3 is 2.33 bits per heavy atom. The fourth-order valence-corrected chi connectivity index (χ4v) is 2.91. The molecule has 5 nitrogen and oxygen atoms in total. The van der Waals surface area contributed by atoms with E-state index in [0.29, 0.717) is 10.5 Å². The summed E-state index contributed by atoms with van der Waals surface area (Å²) in [4.78, 5) is 12.4. The van der Waals surface area contributed by atoms with E-state index in [9.17, 15) is 28.4 Å². The number of aromatic nitrogens is 1. The zero-order chi connectivity index (χ0) is 16.2. The van der Waals surface area contributed by atoms with Crippen molar-refractivity contribution < 1.29 is 23.2 Å². The van der Waals surface area contributed by atoms with E-state index in [1.807, 2.05) is 0 Å². The van der Waals surface area contributed by atoms with Gasteiger partial charge in [-0.1, -0.05) is 0 Å². The molecule has 0 spiro atoms. The molecule has 0 bridgehead atoms. The molecule has 0 saturated carbocycles. The predicted octanol–water partition coefficient (Wildman–Crippen LogP) is 4.08. The lowest BCUT2D eigenvalue weighted by molar-refractivity contribution is -0.387. The number of rotatable bonds is 2. The highest BCUT2D eigenvalue weighted by Gasteiger charge is 2.39. The summed E-state index contributed by atoms with van der Waals surface area (Å²) in [6.45, 7) is 2.89. The van der Waals surface area contributed by atoms with Crippen molar-refractivity contribution >= 4 is 32.5 Å². The summed E-state index contributed by atoms with van der Waals surface area (Å²) in [6.07, 6.45) is -4.84. The molecule has 21 heavy (non-hydrogen) atoms. The maximum Gasteiger partial charge on any atom is 0.423 e. The second kappa shape index (κ2) is 4.70. The number of alkyl halides is 3. The number of nitro groups is 1. The van der Waals surface area contributed by atoms with Crippen LogP contribution < -0.4 is 0 Å². The van der Waals surface area contributed by atoms with Crippen molar-refractivity contribution in [2.24, 2.45) is 0 Å². The molecule has 9 heteroatoms. The van der Waals surface area contributed by atoms with Crippen molar-refractivity contribution in [1.29, 1.82) is 0 Å². The minimum atomic E-state index is -4.84. The number of halogens is 4. The Bertz CT molecular complexity index is 732. The fraction of sp³-hybridized carbons (Fsp3) is 0.333. The van der Waals surface area contributed by atoms with Crippen LogP contribution >= 0.6 is 15.9 Å². The Kier molecular flexibility index (Phi) is 3.53. The largest absolute Gasteiger partial charge is 0.423 e. The molecule has 0 aliphatic carbocycles. The maximum atomic E-state index is 12.9. The highest BCUT2D eigenvalue weighted by Crippen LogP contribution is 2.42. The van der Waals surface area contributed by atoms with Crippen LogP contribution in [-0.4, -0.2) is 15.0 Å². The first kappa shape index (κ1) is 15.8. The summed E-state index contributed by atoms with van der Waals surface area (Å²) in [5.41, 5.74) is -3.42. The Morgan fingerprint density at radius 2 is 1.90 bits per heavy atom. The van der Waals surface area contributed by atoms with Gasteiger partial charge in [0.2, 0.25) is 0 Å². The van der Waals surface area contributed by atoms with Gasteiger partial charge in [-0.2, -0.15) is 13.2 Å². The van der Waals surface area contributed by atoms with Gasteiger partial charge in [0.05, 0.1) is 16.2 Å². The number of benzene rings is 1. The van der Waals surface area contributed by atoms with Gasteiger partial charge in [0.15, 0.2) is 0 Å². The Labute approximate surface area is 125 Å². The van der Waals surface area contributed by atoms with Crippen molar-refractivity contribution in [3.05, 3.63) is 38.0 Å². The van der Waals surface area contributed by atoms with E-state index in [4.69, 9.17) is 0 Å². The molecular weight excluding hydrogens is 357 g/mol. The van der Waals surface area contributed by atoms with Crippen molar-refractivity contribution in [3.8, 4) is 0 Å². The van der Waals surface area contributed by atoms with Crippen LogP contribution in [0.5, 0.6) is 0 Å². The maximum absolute atomic E-state index is 12.9. The third-order valence-corrected chi connectivity index (χ3v) is 3.79. The van der Waals surface area contributed by atoms with Crippen molar-refractivity contribution in [3.63, 3.8) is 0 Å². The van der Waals surface area contributed by atoms with E-state index in [1.165, 1.54) is 13.8 Å². The van der Waals surface area contributed by atoms with E-state index in [-0.39, 0.29) is 16.6 Å². The summed E-state index contributed by atoms with van der Waals surface area (Å²) in [6, 6.07) is 1.52. The van der Waals surface area contributed by atoms with Gasteiger partial charge in [-0.15, -0.1) is 0 Å². The second-order valence-electron chi connectivity index (χ2n) is 5.04. The summed E-state index contributed by atoms with van der Waals surface area (Å²) in [5.74, 6) is 0. The fourth-order valence-electron chi connectivity index (χ4n) is 2.00. The molecule has 0 aliphatic rings. The Morgan fingerprint density at radius 1 is 1.33 bits per heavy atom. The van der Waals surface area contributed by atoms with Crippen LogP contribution in [0, 0.1) is 10.1 Å². The van der Waals surface area contributed by atoms with Gasteiger partial charge in [-0.05, 0) is 35.8 Å². The zero-order valence-electron chi connectivity index (χ0n) is 10.9. The number of nitrogens with zero attached hydrogens (tertiary/aromatic N) is 1. The lowest BCUT2D eigenvalue weighted by Crippen LogP contribution is -2.16. The molecule has 2 rings (SSSR count). The number of aromatic amines is 1. The molecule has 1 aromatic heterocycles. The third-order valence-electron chi connectivity index (χ3n) is 2.97. The van der Waals surface area contributed by atoms with Crippen molar-refractivity contribution in [2.75, 3.05) is 0 Å². The first-order valence-electron chi connectivity index (χ1n) is 5.72. The number of nitrogens with one attached hydrogen (secondary N) is 1. The number of aliphatic hydroxyl groups is 1. The lowest BCUT2D eigenvalue weighted by atomic mass is 10.1. The van der Waals surface area contributed by atoms with Crippen LogP contribution in [-0.2, 0) is 11.8 Å². The highest BCUT2D eigenvalue weighted by atomic mass is 79.9. The molecule has 2 N–H and O–H groups in total. The van der Waals surface area contributed by atoms with Crippen molar-refractivity contribution in [1.82, 2.24) is 4.98 Å². The number of nitro benzene ring substituents is 1. The SMILES string of the molecule is CC(C)(O)c1[nH]c2cc(C(F)(F)F)c([N+](=O)[O-])cc2c1Br. The van der Waals surface area contributed by atoms with Crippen molar-refractivity contribution in [2.45, 2.75) is 25.6 Å². The number of H-pyrrole nitrogens is 1. The second-order valence-corrected chi connectivity index (χ2v) is 5.84. The molecule has 0 aliphatic heterocycles. The Hall–Kier alpha value is -1.61. The van der Waals surface area contributed by atoms with Crippen LogP contribution in [0.25, 0.3) is 10.9 Å². The van der Waals surface area contributed by atoms with Gasteiger partial charge >= 0.3 is 6.18 Å². The number of fused-ring (bicyclic) bond motifs is 1. The minimum absolute atomic E-state index is 0.0527. The number of hydrogen-bond donors (Lipinski definition) is 2. The molecule has 1 heterocycles. The van der Waals surface area contributed by atoms with Gasteiger partial charge in [0, 0.05) is 21.4 Å². The molecule has 0 radical (unpaired) electrons. The minimum Gasteiger partial charge on any atom is -0.384 e. The molecule has 0 unspecified atom stereocenters. The van der Waals surface area contributed by atoms with E-state index >= 15 is 0 Å². The van der Waals surface area contributed by atoms with Crippen LogP contribution in [0.2, 0.25) is 0 Å². The third kappa shape index (κ3) is 2.75. The summed E-state index contributed by atoms with van der Waals surface area (Å²) < 4.78 is 39.0. The average molecular weight is 367 g/mol. The smallest absolute Gasteiger partial charge is 0.384 e. The monoisotopic (exact) mass is 366 g/mol.